The molecule has 0 spiro atoms. The minimum Gasteiger partial charge on any atom is -0.454 e. The molecule has 0 saturated heterocycles. The maximum absolute atomic E-state index is 11.3. The van der Waals surface area contributed by atoms with E-state index in [9.17, 15) is 9.13 Å². The van der Waals surface area contributed by atoms with Crippen LogP contribution in [0, 0.1) is 0 Å². The minimum absolute atomic E-state index is 0.0794. The topological polar surface area (TPSA) is 43.4 Å². The first kappa shape index (κ1) is 13.4. The highest BCUT2D eigenvalue weighted by atomic mass is 31.1. The van der Waals surface area contributed by atoms with Crippen LogP contribution in [0.15, 0.2) is 36.4 Å². The van der Waals surface area contributed by atoms with Crippen molar-refractivity contribution in [2.75, 3.05) is 0 Å². The van der Waals surface area contributed by atoms with Crippen LogP contribution in [0.5, 0.6) is 11.5 Å². The van der Waals surface area contributed by atoms with Gasteiger partial charge in [-0.25, -0.2) is 0 Å². The third-order valence-electron chi connectivity index (χ3n) is 3.74. The van der Waals surface area contributed by atoms with E-state index in [1.54, 1.807) is 12.1 Å². The fraction of sp³-hybridized carbons (Fsp3) is 0.200. The van der Waals surface area contributed by atoms with Gasteiger partial charge >= 0.3 is 0 Å². The molecule has 0 aromatic heterocycles. The van der Waals surface area contributed by atoms with Crippen molar-refractivity contribution in [2.24, 2.45) is 0 Å². The Morgan fingerprint density at radius 1 is 0.850 bits per heavy atom. The molecule has 0 atom stereocenters. The van der Waals surface area contributed by atoms with Gasteiger partial charge in [-0.2, -0.15) is 0 Å². The first-order valence-electron chi connectivity index (χ1n) is 6.21. The maximum atomic E-state index is 11.3. The molecule has 0 radical (unpaired) electrons. The number of ether oxygens (including phenoxy) is 1. The Bertz CT molecular complexity index is 664. The standard InChI is InChI=1S/C15H12O3P2/c1-15(2)9-5-3-7-11(19-16)13(9)18-14-10(15)6-4-8-12(14)20-17/h3-8H,1-2H3. The number of rotatable bonds is 2. The number of benzene rings is 2. The second-order valence-corrected chi connectivity index (χ2v) is 6.55. The molecule has 0 fully saturated rings. The molecule has 2 aromatic rings. The molecule has 0 bridgehead atoms. The Morgan fingerprint density at radius 3 is 1.70 bits per heavy atom. The highest BCUT2D eigenvalue weighted by Crippen LogP contribution is 2.47. The second kappa shape index (κ2) is 4.77. The molecule has 3 rings (SSSR count). The van der Waals surface area contributed by atoms with E-state index >= 15 is 0 Å². The van der Waals surface area contributed by atoms with Crippen molar-refractivity contribution in [3.63, 3.8) is 0 Å². The lowest BCUT2D eigenvalue weighted by Crippen LogP contribution is -2.28. The van der Waals surface area contributed by atoms with Gasteiger partial charge < -0.3 is 4.74 Å². The van der Waals surface area contributed by atoms with E-state index in [4.69, 9.17) is 4.74 Å². The largest absolute Gasteiger partial charge is 0.454 e. The third-order valence-corrected chi connectivity index (χ3v) is 4.83. The van der Waals surface area contributed by atoms with Crippen LogP contribution in [0.4, 0.5) is 0 Å². The third kappa shape index (κ3) is 1.82. The summed E-state index contributed by atoms with van der Waals surface area (Å²) in [6.07, 6.45) is 0. The number of para-hydroxylation sites is 2. The molecular weight excluding hydrogens is 290 g/mol. The lowest BCUT2D eigenvalue weighted by Gasteiger charge is -2.35. The Kier molecular flexibility index (Phi) is 3.20. The lowest BCUT2D eigenvalue weighted by molar-refractivity contribution is 0.424. The summed E-state index contributed by atoms with van der Waals surface area (Å²) < 4.78 is 28.6. The van der Waals surface area contributed by atoms with Gasteiger partial charge in [0.15, 0.2) is 16.9 Å². The van der Waals surface area contributed by atoms with Gasteiger partial charge in [-0.3, -0.25) is 9.13 Å². The summed E-state index contributed by atoms with van der Waals surface area (Å²) in [7, 11) is -0.159. The zero-order valence-corrected chi connectivity index (χ0v) is 12.9. The van der Waals surface area contributed by atoms with Crippen molar-refractivity contribution in [1.29, 1.82) is 0 Å². The van der Waals surface area contributed by atoms with Gasteiger partial charge in [0, 0.05) is 16.5 Å². The van der Waals surface area contributed by atoms with Crippen LogP contribution in [0.1, 0.15) is 25.0 Å². The van der Waals surface area contributed by atoms with Crippen LogP contribution in [0.3, 0.4) is 0 Å². The van der Waals surface area contributed by atoms with Crippen molar-refractivity contribution in [1.82, 2.24) is 0 Å². The fourth-order valence-electron chi connectivity index (χ4n) is 2.64. The van der Waals surface area contributed by atoms with Crippen LogP contribution in [-0.4, -0.2) is 0 Å². The van der Waals surface area contributed by atoms with Gasteiger partial charge in [0.05, 0.1) is 10.6 Å². The first-order valence-corrected chi connectivity index (χ1v) is 7.83. The summed E-state index contributed by atoms with van der Waals surface area (Å²) in [4.78, 5) is 0. The van der Waals surface area contributed by atoms with E-state index in [-0.39, 0.29) is 22.3 Å². The van der Waals surface area contributed by atoms with E-state index in [1.807, 2.05) is 24.3 Å². The zero-order chi connectivity index (χ0) is 14.3. The van der Waals surface area contributed by atoms with E-state index in [0.29, 0.717) is 22.1 Å². The maximum Gasteiger partial charge on any atom is 0.196 e. The Balaban J connectivity index is 2.34. The SMILES string of the molecule is CC1(C)c2cccc(P=O)c2Oc2c(P=O)cccc21. The van der Waals surface area contributed by atoms with E-state index in [0.717, 1.165) is 11.1 Å². The Hall–Kier alpha value is -1.56. The number of hydrogen-bond donors (Lipinski definition) is 0. The van der Waals surface area contributed by atoms with Gasteiger partial charge in [-0.05, 0) is 12.1 Å². The van der Waals surface area contributed by atoms with Gasteiger partial charge in [0.25, 0.3) is 0 Å². The van der Waals surface area contributed by atoms with Gasteiger partial charge in [-0.15, -0.1) is 0 Å². The molecule has 3 nitrogen and oxygen atoms in total. The molecule has 0 amide bonds. The monoisotopic (exact) mass is 302 g/mol. The predicted octanol–water partition coefficient (Wildman–Crippen LogP) is 3.95. The highest BCUT2D eigenvalue weighted by molar-refractivity contribution is 7.34. The number of hydrogen-bond acceptors (Lipinski definition) is 3. The van der Waals surface area contributed by atoms with Crippen LogP contribution in [-0.2, 0) is 14.5 Å². The van der Waals surface area contributed by atoms with E-state index < -0.39 is 0 Å². The minimum atomic E-state index is -0.287. The predicted molar refractivity (Wildman–Crippen MR) is 79.6 cm³/mol. The van der Waals surface area contributed by atoms with Crippen molar-refractivity contribution < 1.29 is 13.9 Å². The smallest absolute Gasteiger partial charge is 0.196 e. The molecule has 100 valence electrons. The highest BCUT2D eigenvalue weighted by Gasteiger charge is 2.36. The van der Waals surface area contributed by atoms with Crippen molar-refractivity contribution in [2.45, 2.75) is 19.3 Å². The normalized spacial score (nSPS) is 15.5. The summed E-state index contributed by atoms with van der Waals surface area (Å²) in [6, 6.07) is 11.3. The molecule has 20 heavy (non-hydrogen) atoms. The molecule has 1 heterocycles. The summed E-state index contributed by atoms with van der Waals surface area (Å²) in [5.41, 5.74) is 1.70. The molecule has 0 unspecified atom stereocenters. The van der Waals surface area contributed by atoms with Crippen LogP contribution >= 0.6 is 16.9 Å². The average Bonchev–Trinajstić information content (AvgIpc) is 2.46. The van der Waals surface area contributed by atoms with Crippen molar-refractivity contribution in [3.8, 4) is 11.5 Å². The summed E-state index contributed by atoms with van der Waals surface area (Å²) in [5.74, 6) is 1.22. The van der Waals surface area contributed by atoms with E-state index in [2.05, 4.69) is 13.8 Å². The molecule has 2 aromatic carbocycles. The van der Waals surface area contributed by atoms with Gasteiger partial charge in [0.2, 0.25) is 0 Å². The summed E-state index contributed by atoms with van der Waals surface area (Å²) >= 11 is 0. The quantitative estimate of drug-likeness (QED) is 0.789. The molecule has 1 aliphatic rings. The second-order valence-electron chi connectivity index (χ2n) is 5.22. The molecule has 1 aliphatic heterocycles. The summed E-state index contributed by atoms with van der Waals surface area (Å²) in [5, 5.41) is 1.22. The number of fused-ring (bicyclic) bond motifs is 2. The molecule has 0 N–H and O–H groups in total. The molecule has 5 heteroatoms. The van der Waals surface area contributed by atoms with Crippen LogP contribution < -0.4 is 15.3 Å². The average molecular weight is 302 g/mol. The molecule has 0 saturated carbocycles. The fourth-order valence-corrected chi connectivity index (χ4v) is 3.43. The Morgan fingerprint density at radius 2 is 1.30 bits per heavy atom. The van der Waals surface area contributed by atoms with Gasteiger partial charge in [0.1, 0.15) is 11.5 Å². The summed E-state index contributed by atoms with van der Waals surface area (Å²) in [6.45, 7) is 4.17. The van der Waals surface area contributed by atoms with Crippen LogP contribution in [0.2, 0.25) is 0 Å². The zero-order valence-electron chi connectivity index (χ0n) is 11.1. The van der Waals surface area contributed by atoms with Gasteiger partial charge in [-0.1, -0.05) is 38.1 Å². The lowest BCUT2D eigenvalue weighted by atomic mass is 9.76. The molecule has 0 aliphatic carbocycles. The van der Waals surface area contributed by atoms with Crippen molar-refractivity contribution >= 4 is 27.5 Å². The van der Waals surface area contributed by atoms with Crippen LogP contribution in [0.25, 0.3) is 0 Å². The van der Waals surface area contributed by atoms with Crippen molar-refractivity contribution in [3.05, 3.63) is 47.5 Å². The Labute approximate surface area is 120 Å². The molecular formula is C15H12O3P2. The van der Waals surface area contributed by atoms with E-state index in [1.165, 1.54) is 0 Å². The first-order chi connectivity index (χ1) is 9.59.